The van der Waals surface area contributed by atoms with E-state index < -0.39 is 29.6 Å². The van der Waals surface area contributed by atoms with E-state index in [1.165, 1.54) is 30.3 Å². The highest BCUT2D eigenvalue weighted by Crippen LogP contribution is 2.41. The Morgan fingerprint density at radius 2 is 1.79 bits per heavy atom. The predicted octanol–water partition coefficient (Wildman–Crippen LogP) is 5.62. The lowest BCUT2D eigenvalue weighted by atomic mass is 9.90. The molecule has 0 bridgehead atoms. The van der Waals surface area contributed by atoms with Gasteiger partial charge < -0.3 is 5.32 Å². The number of rotatable bonds is 4. The molecule has 9 heteroatoms. The van der Waals surface area contributed by atoms with E-state index in [0.717, 1.165) is 17.8 Å². The first-order chi connectivity index (χ1) is 15.9. The smallest absolute Gasteiger partial charge is 0.325 e. The number of anilines is 1. The SMILES string of the molecule is CC(C)(C)n1ccc([C@@H]2C[C@@H](C(=O)Nc3cccc(F)c3)N[C@H]2c2ccc(C(F)(F)F)cc2)n1. The fourth-order valence-corrected chi connectivity index (χ4v) is 4.18. The van der Waals surface area contributed by atoms with Crippen LogP contribution in [0.5, 0.6) is 0 Å². The molecule has 0 aliphatic carbocycles. The first kappa shape index (κ1) is 23.9. The molecule has 5 nitrogen and oxygen atoms in total. The lowest BCUT2D eigenvalue weighted by Crippen LogP contribution is -2.36. The maximum Gasteiger partial charge on any atom is 0.416 e. The Bertz CT molecular complexity index is 1160. The van der Waals surface area contributed by atoms with Crippen molar-refractivity contribution in [2.24, 2.45) is 0 Å². The zero-order chi connectivity index (χ0) is 24.7. The zero-order valence-corrected chi connectivity index (χ0v) is 19.0. The van der Waals surface area contributed by atoms with Gasteiger partial charge in [-0.1, -0.05) is 18.2 Å². The van der Waals surface area contributed by atoms with E-state index in [0.29, 0.717) is 17.7 Å². The van der Waals surface area contributed by atoms with Crippen LogP contribution in [-0.4, -0.2) is 21.7 Å². The maximum atomic E-state index is 13.5. The Morgan fingerprint density at radius 1 is 1.09 bits per heavy atom. The third kappa shape index (κ3) is 5.14. The van der Waals surface area contributed by atoms with Crippen LogP contribution in [0.1, 0.15) is 56.0 Å². The van der Waals surface area contributed by atoms with Crippen molar-refractivity contribution >= 4 is 11.6 Å². The molecule has 1 aliphatic rings. The lowest BCUT2D eigenvalue weighted by molar-refractivity contribution is -0.137. The lowest BCUT2D eigenvalue weighted by Gasteiger charge is -2.21. The number of hydrogen-bond donors (Lipinski definition) is 2. The Labute approximate surface area is 195 Å². The molecule has 0 radical (unpaired) electrons. The molecule has 0 unspecified atom stereocenters. The van der Waals surface area contributed by atoms with Crippen molar-refractivity contribution in [3.8, 4) is 0 Å². The highest BCUT2D eigenvalue weighted by Gasteiger charge is 2.41. The van der Waals surface area contributed by atoms with Crippen molar-refractivity contribution < 1.29 is 22.4 Å². The molecule has 3 aromatic rings. The molecule has 2 aromatic carbocycles. The molecule has 1 saturated heterocycles. The van der Waals surface area contributed by atoms with E-state index in [4.69, 9.17) is 5.10 Å². The summed E-state index contributed by atoms with van der Waals surface area (Å²) in [5.41, 5.74) is 0.724. The summed E-state index contributed by atoms with van der Waals surface area (Å²) in [5, 5.41) is 10.7. The number of benzene rings is 2. The minimum atomic E-state index is -4.43. The van der Waals surface area contributed by atoms with Crippen molar-refractivity contribution in [3.05, 3.63) is 83.4 Å². The molecule has 180 valence electrons. The monoisotopic (exact) mass is 474 g/mol. The summed E-state index contributed by atoms with van der Waals surface area (Å²) in [7, 11) is 0. The van der Waals surface area contributed by atoms with Crippen LogP contribution >= 0.6 is 0 Å². The van der Waals surface area contributed by atoms with E-state index in [1.54, 1.807) is 6.07 Å². The average Bonchev–Trinajstić information content (AvgIpc) is 3.41. The molecule has 1 amide bonds. The Morgan fingerprint density at radius 3 is 2.38 bits per heavy atom. The molecule has 0 saturated carbocycles. The molecule has 4 rings (SSSR count). The normalized spacial score (nSPS) is 21.0. The van der Waals surface area contributed by atoms with Gasteiger partial charge in [0.15, 0.2) is 0 Å². The fourth-order valence-electron chi connectivity index (χ4n) is 4.18. The Balaban J connectivity index is 1.62. The molecule has 0 spiro atoms. The highest BCUT2D eigenvalue weighted by atomic mass is 19.4. The van der Waals surface area contributed by atoms with Crippen molar-refractivity contribution in [2.45, 2.75) is 56.9 Å². The van der Waals surface area contributed by atoms with Gasteiger partial charge in [-0.15, -0.1) is 0 Å². The summed E-state index contributed by atoms with van der Waals surface area (Å²) in [5.74, 6) is -1.06. The van der Waals surface area contributed by atoms with Gasteiger partial charge in [-0.2, -0.15) is 18.3 Å². The molecule has 2 N–H and O–H groups in total. The Hall–Kier alpha value is -3.20. The number of hydrogen-bond acceptors (Lipinski definition) is 3. The summed E-state index contributed by atoms with van der Waals surface area (Å²) >= 11 is 0. The van der Waals surface area contributed by atoms with Crippen LogP contribution < -0.4 is 10.6 Å². The van der Waals surface area contributed by atoms with Crippen LogP contribution in [0, 0.1) is 5.82 Å². The van der Waals surface area contributed by atoms with Crippen molar-refractivity contribution in [1.82, 2.24) is 15.1 Å². The van der Waals surface area contributed by atoms with Crippen LogP contribution in [-0.2, 0) is 16.5 Å². The van der Waals surface area contributed by atoms with E-state index in [-0.39, 0.29) is 17.4 Å². The molecule has 2 heterocycles. The molecule has 3 atom stereocenters. The van der Waals surface area contributed by atoms with Crippen molar-refractivity contribution in [1.29, 1.82) is 0 Å². The number of amides is 1. The molecular formula is C25H26F4N4O. The minimum absolute atomic E-state index is 0.247. The number of carbonyl (C=O) groups excluding carboxylic acids is 1. The number of nitrogens with zero attached hydrogens (tertiary/aromatic N) is 2. The second-order valence-electron chi connectivity index (χ2n) is 9.51. The van der Waals surface area contributed by atoms with Crippen LogP contribution in [0.15, 0.2) is 60.8 Å². The number of alkyl halides is 3. The zero-order valence-electron chi connectivity index (χ0n) is 19.0. The van der Waals surface area contributed by atoms with Crippen LogP contribution in [0.2, 0.25) is 0 Å². The van der Waals surface area contributed by atoms with Gasteiger partial charge in [-0.05, 0) is 69.2 Å². The van der Waals surface area contributed by atoms with Crippen LogP contribution in [0.3, 0.4) is 0 Å². The number of carbonyl (C=O) groups is 1. The summed E-state index contributed by atoms with van der Waals surface area (Å²) in [4.78, 5) is 13.0. The van der Waals surface area contributed by atoms with E-state index >= 15 is 0 Å². The summed E-state index contributed by atoms with van der Waals surface area (Å²) < 4.78 is 54.5. The average molecular weight is 475 g/mol. The summed E-state index contributed by atoms with van der Waals surface area (Å²) in [6.07, 6.45) is -2.19. The van der Waals surface area contributed by atoms with Crippen LogP contribution in [0.4, 0.5) is 23.2 Å². The molecule has 1 fully saturated rings. The standard InChI is InChI=1S/C25H26F4N4O/c1-24(2,3)33-12-11-20(32-33)19-14-21(23(34)30-18-6-4-5-17(26)13-18)31-22(19)15-7-9-16(10-8-15)25(27,28)29/h4-13,19,21-22,31H,14H2,1-3H3,(H,30,34)/t19-,21-,22-/m0/s1. The Kier molecular flexibility index (Phi) is 6.24. The van der Waals surface area contributed by atoms with Gasteiger partial charge in [-0.25, -0.2) is 4.39 Å². The molecule has 34 heavy (non-hydrogen) atoms. The van der Waals surface area contributed by atoms with Crippen molar-refractivity contribution in [3.63, 3.8) is 0 Å². The van der Waals surface area contributed by atoms with E-state index in [2.05, 4.69) is 10.6 Å². The van der Waals surface area contributed by atoms with Gasteiger partial charge >= 0.3 is 6.18 Å². The third-order valence-corrected chi connectivity index (χ3v) is 5.96. The predicted molar refractivity (Wildman–Crippen MR) is 121 cm³/mol. The number of nitrogens with one attached hydrogen (secondary N) is 2. The van der Waals surface area contributed by atoms with Crippen molar-refractivity contribution in [2.75, 3.05) is 5.32 Å². The van der Waals surface area contributed by atoms with Gasteiger partial charge in [0, 0.05) is 23.8 Å². The first-order valence-electron chi connectivity index (χ1n) is 11.0. The largest absolute Gasteiger partial charge is 0.416 e. The highest BCUT2D eigenvalue weighted by molar-refractivity contribution is 5.95. The van der Waals surface area contributed by atoms with Gasteiger partial charge in [-0.3, -0.25) is 14.8 Å². The topological polar surface area (TPSA) is 59.0 Å². The number of aromatic nitrogens is 2. The van der Waals surface area contributed by atoms with Crippen LogP contribution in [0.25, 0.3) is 0 Å². The van der Waals surface area contributed by atoms with E-state index in [1.807, 2.05) is 37.7 Å². The second-order valence-corrected chi connectivity index (χ2v) is 9.51. The first-order valence-corrected chi connectivity index (χ1v) is 11.0. The molecule has 1 aromatic heterocycles. The van der Waals surface area contributed by atoms with Gasteiger partial charge in [0.1, 0.15) is 5.82 Å². The summed E-state index contributed by atoms with van der Waals surface area (Å²) in [6, 6.07) is 11.4. The quantitative estimate of drug-likeness (QED) is 0.483. The fraction of sp³-hybridized carbons (Fsp3) is 0.360. The minimum Gasteiger partial charge on any atom is -0.325 e. The third-order valence-electron chi connectivity index (χ3n) is 5.96. The van der Waals surface area contributed by atoms with Gasteiger partial charge in [0.2, 0.25) is 5.91 Å². The molecule has 1 aliphatic heterocycles. The van der Waals surface area contributed by atoms with E-state index in [9.17, 15) is 22.4 Å². The van der Waals surface area contributed by atoms with Gasteiger partial charge in [0.25, 0.3) is 0 Å². The second kappa shape index (κ2) is 8.87. The maximum absolute atomic E-state index is 13.5. The van der Waals surface area contributed by atoms with Gasteiger partial charge in [0.05, 0.1) is 22.8 Å². The number of halogens is 4. The summed E-state index contributed by atoms with van der Waals surface area (Å²) in [6.45, 7) is 6.04. The molecular weight excluding hydrogens is 448 g/mol.